The van der Waals surface area contributed by atoms with Crippen molar-refractivity contribution in [2.24, 2.45) is 0 Å². The number of fused-ring (bicyclic) bond motifs is 1. The normalized spacial score (nSPS) is 12.8. The molecule has 1 amide bonds. The van der Waals surface area contributed by atoms with Gasteiger partial charge in [-0.2, -0.15) is 0 Å². The molecule has 0 bridgehead atoms. The van der Waals surface area contributed by atoms with Crippen LogP contribution in [0, 0.1) is 6.92 Å². The number of amides is 1. The Morgan fingerprint density at radius 1 is 1.38 bits per heavy atom. The van der Waals surface area contributed by atoms with Crippen LogP contribution in [0.3, 0.4) is 0 Å². The molecule has 0 radical (unpaired) electrons. The lowest BCUT2D eigenvalue weighted by atomic mass is 10.0. The molecule has 0 saturated heterocycles. The van der Waals surface area contributed by atoms with Crippen molar-refractivity contribution in [2.45, 2.75) is 45.6 Å². The monoisotopic (exact) mass is 341 g/mol. The van der Waals surface area contributed by atoms with Gasteiger partial charge in [0.05, 0.1) is 16.6 Å². The molecule has 2 aromatic rings. The Morgan fingerprint density at radius 2 is 2.04 bits per heavy atom. The summed E-state index contributed by atoms with van der Waals surface area (Å²) >= 11 is 0. The molecule has 9 heteroatoms. The highest BCUT2D eigenvalue weighted by molar-refractivity contribution is 6.07. The fourth-order valence-corrected chi connectivity index (χ4v) is 2.22. The number of carboxylic acids is 1. The fourth-order valence-electron chi connectivity index (χ4n) is 2.22. The highest BCUT2D eigenvalue weighted by atomic mass is 19.3. The minimum absolute atomic E-state index is 0.0253. The lowest BCUT2D eigenvalue weighted by Crippen LogP contribution is -2.42. The first-order valence-electron chi connectivity index (χ1n) is 7.29. The highest BCUT2D eigenvalue weighted by Gasteiger charge is 2.27. The number of halogens is 2. The summed E-state index contributed by atoms with van der Waals surface area (Å²) in [6.45, 7) is 5.32. The molecule has 0 fully saturated rings. The lowest BCUT2D eigenvalue weighted by Gasteiger charge is -2.15. The Hall–Kier alpha value is -2.58. The molecule has 0 aliphatic rings. The third-order valence-corrected chi connectivity index (χ3v) is 3.49. The average molecular weight is 341 g/mol. The summed E-state index contributed by atoms with van der Waals surface area (Å²) < 4.78 is 30.0. The van der Waals surface area contributed by atoms with Crippen LogP contribution in [0.5, 0.6) is 0 Å². The molecule has 24 heavy (non-hydrogen) atoms. The Labute approximate surface area is 136 Å². The highest BCUT2D eigenvalue weighted by Crippen LogP contribution is 2.25. The van der Waals surface area contributed by atoms with E-state index in [9.17, 15) is 18.4 Å². The first-order chi connectivity index (χ1) is 11.2. The number of aromatic nitrogens is 2. The standard InChI is InChI=1S/C15H17F2N3O4/c1-6(2)9-4-8(12-7(3)20-24-14(12)19-9)13(21)18-10(15(22)23)5-11(16)17/h4,6,10-11H,5H2,1-3H3,(H,18,21)(H,22,23). The van der Waals surface area contributed by atoms with Crippen molar-refractivity contribution >= 4 is 23.0 Å². The van der Waals surface area contributed by atoms with Crippen molar-refractivity contribution in [1.29, 1.82) is 0 Å². The predicted molar refractivity (Wildman–Crippen MR) is 80.1 cm³/mol. The van der Waals surface area contributed by atoms with Gasteiger partial charge in [-0.15, -0.1) is 0 Å². The molecule has 0 saturated carbocycles. The maximum absolute atomic E-state index is 12.5. The summed E-state index contributed by atoms with van der Waals surface area (Å²) in [6.07, 6.45) is -3.83. The molecule has 1 unspecified atom stereocenters. The molecule has 2 heterocycles. The van der Waals surface area contributed by atoms with Gasteiger partial charge in [0.1, 0.15) is 6.04 Å². The minimum Gasteiger partial charge on any atom is -0.480 e. The number of hydrogen-bond donors (Lipinski definition) is 2. The van der Waals surface area contributed by atoms with Crippen molar-refractivity contribution in [3.8, 4) is 0 Å². The molecule has 2 rings (SSSR count). The number of aryl methyl sites for hydroxylation is 1. The quantitative estimate of drug-likeness (QED) is 0.836. The van der Waals surface area contributed by atoms with Crippen molar-refractivity contribution in [1.82, 2.24) is 15.5 Å². The molecular formula is C15H17F2N3O4. The number of hydrogen-bond acceptors (Lipinski definition) is 5. The number of carbonyl (C=O) groups is 2. The zero-order chi connectivity index (χ0) is 18.0. The molecule has 7 nitrogen and oxygen atoms in total. The van der Waals surface area contributed by atoms with Gasteiger partial charge in [0.2, 0.25) is 6.43 Å². The summed E-state index contributed by atoms with van der Waals surface area (Å²) in [7, 11) is 0. The van der Waals surface area contributed by atoms with E-state index in [0.717, 1.165) is 0 Å². The van der Waals surface area contributed by atoms with Gasteiger partial charge in [-0.1, -0.05) is 19.0 Å². The van der Waals surface area contributed by atoms with Crippen LogP contribution >= 0.6 is 0 Å². The SMILES string of the molecule is Cc1noc2nc(C(C)C)cc(C(=O)NC(CC(F)F)C(=O)O)c12. The van der Waals surface area contributed by atoms with Gasteiger partial charge in [0.25, 0.3) is 11.6 Å². The smallest absolute Gasteiger partial charge is 0.326 e. The number of nitrogens with one attached hydrogen (secondary N) is 1. The topological polar surface area (TPSA) is 105 Å². The van der Waals surface area contributed by atoms with Crippen LogP contribution in [0.1, 0.15) is 47.9 Å². The average Bonchev–Trinajstić information content (AvgIpc) is 2.86. The van der Waals surface area contributed by atoms with Crippen molar-refractivity contribution < 1.29 is 28.0 Å². The first kappa shape index (κ1) is 17.8. The first-order valence-corrected chi connectivity index (χ1v) is 7.29. The fraction of sp³-hybridized carbons (Fsp3) is 0.467. The Morgan fingerprint density at radius 3 is 2.58 bits per heavy atom. The molecule has 0 aliphatic carbocycles. The molecule has 0 aliphatic heterocycles. The number of carbonyl (C=O) groups excluding carboxylic acids is 1. The molecule has 2 N–H and O–H groups in total. The largest absolute Gasteiger partial charge is 0.480 e. The Kier molecular flexibility index (Phi) is 5.10. The van der Waals surface area contributed by atoms with Gasteiger partial charge < -0.3 is 14.9 Å². The second-order valence-corrected chi connectivity index (χ2v) is 5.69. The van der Waals surface area contributed by atoms with Gasteiger partial charge >= 0.3 is 5.97 Å². The van der Waals surface area contributed by atoms with Gasteiger partial charge in [0.15, 0.2) is 0 Å². The van der Waals surface area contributed by atoms with Gasteiger partial charge in [0, 0.05) is 12.1 Å². The van der Waals surface area contributed by atoms with Gasteiger partial charge in [-0.25, -0.2) is 18.6 Å². The van der Waals surface area contributed by atoms with Gasteiger partial charge in [-0.05, 0) is 18.9 Å². The van der Waals surface area contributed by atoms with Gasteiger partial charge in [-0.3, -0.25) is 4.79 Å². The number of rotatable bonds is 6. The third kappa shape index (κ3) is 3.66. The van der Waals surface area contributed by atoms with E-state index in [0.29, 0.717) is 16.8 Å². The second-order valence-electron chi connectivity index (χ2n) is 5.69. The number of alkyl halides is 2. The molecule has 2 aromatic heterocycles. The van der Waals surface area contributed by atoms with E-state index in [1.165, 1.54) is 6.07 Å². The molecule has 130 valence electrons. The maximum atomic E-state index is 12.5. The predicted octanol–water partition coefficient (Wildman–Crippen LogP) is 2.49. The molecule has 1 atom stereocenters. The second kappa shape index (κ2) is 6.90. The summed E-state index contributed by atoms with van der Waals surface area (Å²) in [5.74, 6) is -2.34. The summed E-state index contributed by atoms with van der Waals surface area (Å²) in [6, 6.07) is -0.197. The van der Waals surface area contributed by atoms with Crippen LogP contribution in [0.15, 0.2) is 10.6 Å². The zero-order valence-electron chi connectivity index (χ0n) is 13.3. The van der Waals surface area contributed by atoms with Crippen LogP contribution < -0.4 is 5.32 Å². The van der Waals surface area contributed by atoms with E-state index in [1.54, 1.807) is 6.92 Å². The Bertz CT molecular complexity index is 773. The number of carboxylic acid groups (broad SMARTS) is 1. The van der Waals surface area contributed by atoms with Crippen molar-refractivity contribution in [3.05, 3.63) is 23.0 Å². The van der Waals surface area contributed by atoms with E-state index in [1.807, 2.05) is 13.8 Å². The molecular weight excluding hydrogens is 324 g/mol. The van der Waals surface area contributed by atoms with Crippen LogP contribution in [0.4, 0.5) is 8.78 Å². The molecule has 0 aromatic carbocycles. The van der Waals surface area contributed by atoms with E-state index in [4.69, 9.17) is 9.63 Å². The zero-order valence-corrected chi connectivity index (χ0v) is 13.3. The van der Waals surface area contributed by atoms with Crippen LogP contribution in [-0.4, -0.2) is 39.6 Å². The summed E-state index contributed by atoms with van der Waals surface area (Å²) in [4.78, 5) is 27.8. The minimum atomic E-state index is -2.85. The van der Waals surface area contributed by atoms with E-state index in [-0.39, 0.29) is 17.2 Å². The molecule has 0 spiro atoms. The number of pyridine rings is 1. The summed E-state index contributed by atoms with van der Waals surface area (Å²) in [5.41, 5.74) is 1.19. The van der Waals surface area contributed by atoms with E-state index >= 15 is 0 Å². The third-order valence-electron chi connectivity index (χ3n) is 3.49. The van der Waals surface area contributed by atoms with Crippen LogP contribution in [0.2, 0.25) is 0 Å². The van der Waals surface area contributed by atoms with Crippen molar-refractivity contribution in [2.75, 3.05) is 0 Å². The number of nitrogens with zero attached hydrogens (tertiary/aromatic N) is 2. The van der Waals surface area contributed by atoms with Crippen LogP contribution in [0.25, 0.3) is 11.1 Å². The lowest BCUT2D eigenvalue weighted by molar-refractivity contribution is -0.140. The summed E-state index contributed by atoms with van der Waals surface area (Å²) in [5, 5.41) is 15.2. The number of aliphatic carboxylic acids is 1. The van der Waals surface area contributed by atoms with E-state index in [2.05, 4.69) is 15.5 Å². The van der Waals surface area contributed by atoms with E-state index < -0.39 is 30.8 Å². The van der Waals surface area contributed by atoms with Crippen LogP contribution in [-0.2, 0) is 4.79 Å². The Balaban J connectivity index is 2.44. The van der Waals surface area contributed by atoms with Crippen molar-refractivity contribution in [3.63, 3.8) is 0 Å². The maximum Gasteiger partial charge on any atom is 0.326 e.